The molecule has 3 nitrogen and oxygen atoms in total. The maximum atomic E-state index is 11.8. The predicted octanol–water partition coefficient (Wildman–Crippen LogP) is 3.77. The predicted molar refractivity (Wildman–Crippen MR) is 77.9 cm³/mol. The second-order valence-electron chi connectivity index (χ2n) is 4.01. The number of esters is 1. The first kappa shape index (κ1) is 15.0. The van der Waals surface area contributed by atoms with Crippen molar-refractivity contribution in [3.63, 3.8) is 0 Å². The first-order valence-corrected chi connectivity index (χ1v) is 7.13. The third kappa shape index (κ3) is 4.02. The molecule has 1 N–H and O–H groups in total. The van der Waals surface area contributed by atoms with E-state index in [0.717, 1.165) is 16.6 Å². The van der Waals surface area contributed by atoms with Gasteiger partial charge in [-0.25, -0.2) is 4.79 Å². The van der Waals surface area contributed by atoms with Crippen LogP contribution in [0.4, 0.5) is 5.69 Å². The Morgan fingerprint density at radius 1 is 1.39 bits per heavy atom. The van der Waals surface area contributed by atoms with E-state index in [0.29, 0.717) is 13.0 Å². The number of rotatable bonds is 6. The number of aryl methyl sites for hydroxylation is 1. The molecule has 4 heteroatoms. The van der Waals surface area contributed by atoms with Crippen molar-refractivity contribution in [3.8, 4) is 0 Å². The van der Waals surface area contributed by atoms with Crippen LogP contribution >= 0.6 is 15.9 Å². The van der Waals surface area contributed by atoms with E-state index in [4.69, 9.17) is 4.74 Å². The molecule has 1 rings (SSSR count). The normalized spacial score (nSPS) is 12.0. The number of hydrogen-bond acceptors (Lipinski definition) is 3. The van der Waals surface area contributed by atoms with E-state index >= 15 is 0 Å². The van der Waals surface area contributed by atoms with Crippen molar-refractivity contribution < 1.29 is 9.53 Å². The Bertz CT molecular complexity index is 407. The number of ether oxygens (including phenoxy) is 1. The average Bonchev–Trinajstić information content (AvgIpc) is 2.37. The molecule has 0 aliphatic carbocycles. The Morgan fingerprint density at radius 2 is 2.11 bits per heavy atom. The van der Waals surface area contributed by atoms with Crippen molar-refractivity contribution in [1.82, 2.24) is 0 Å². The molecular weight excluding hydrogens is 294 g/mol. The molecule has 0 bridgehead atoms. The summed E-state index contributed by atoms with van der Waals surface area (Å²) in [5.41, 5.74) is 2.19. The first-order valence-electron chi connectivity index (χ1n) is 6.33. The Kier molecular flexibility index (Phi) is 6.19. The Morgan fingerprint density at radius 3 is 2.67 bits per heavy atom. The van der Waals surface area contributed by atoms with Crippen LogP contribution in [0, 0.1) is 0 Å². The van der Waals surface area contributed by atoms with E-state index in [9.17, 15) is 4.79 Å². The summed E-state index contributed by atoms with van der Waals surface area (Å²) in [7, 11) is 0. The highest BCUT2D eigenvalue weighted by molar-refractivity contribution is 9.10. The van der Waals surface area contributed by atoms with Gasteiger partial charge in [0.15, 0.2) is 0 Å². The molecule has 18 heavy (non-hydrogen) atoms. The molecule has 0 aliphatic heterocycles. The molecule has 1 aromatic rings. The zero-order valence-electron chi connectivity index (χ0n) is 11.1. The van der Waals surface area contributed by atoms with Crippen LogP contribution in [0.2, 0.25) is 0 Å². The third-order valence-electron chi connectivity index (χ3n) is 2.76. The fourth-order valence-corrected chi connectivity index (χ4v) is 2.16. The molecule has 0 saturated carbocycles. The van der Waals surface area contributed by atoms with Crippen LogP contribution in [-0.2, 0) is 16.0 Å². The number of carbonyl (C=O) groups excluding carboxylic acids is 1. The van der Waals surface area contributed by atoms with Gasteiger partial charge in [0.25, 0.3) is 0 Å². The standard InChI is InChI=1S/C14H20BrNO2/c1-4-10-9-11(15)7-8-13(10)16-12(5-2)14(17)18-6-3/h7-9,12,16H,4-6H2,1-3H3. The minimum Gasteiger partial charge on any atom is -0.464 e. The minimum absolute atomic E-state index is 0.190. The molecule has 0 radical (unpaired) electrons. The summed E-state index contributed by atoms with van der Waals surface area (Å²) in [5, 5.41) is 3.26. The number of nitrogens with one attached hydrogen (secondary N) is 1. The first-order chi connectivity index (χ1) is 8.62. The van der Waals surface area contributed by atoms with Crippen LogP contribution < -0.4 is 5.32 Å². The molecule has 100 valence electrons. The van der Waals surface area contributed by atoms with Crippen LogP contribution in [0.15, 0.2) is 22.7 Å². The van der Waals surface area contributed by atoms with Gasteiger partial charge >= 0.3 is 5.97 Å². The van der Waals surface area contributed by atoms with Crippen LogP contribution in [-0.4, -0.2) is 18.6 Å². The fraction of sp³-hybridized carbons (Fsp3) is 0.500. The average molecular weight is 314 g/mol. The van der Waals surface area contributed by atoms with Crippen molar-refractivity contribution >= 4 is 27.6 Å². The molecule has 1 atom stereocenters. The highest BCUT2D eigenvalue weighted by atomic mass is 79.9. The number of halogens is 1. The van der Waals surface area contributed by atoms with Gasteiger partial charge in [0.05, 0.1) is 6.61 Å². The number of benzene rings is 1. The van der Waals surface area contributed by atoms with Crippen molar-refractivity contribution in [3.05, 3.63) is 28.2 Å². The lowest BCUT2D eigenvalue weighted by Gasteiger charge is -2.19. The molecule has 0 heterocycles. The Labute approximate surface area is 117 Å². The van der Waals surface area contributed by atoms with E-state index in [1.807, 2.05) is 26.0 Å². The zero-order valence-corrected chi connectivity index (χ0v) is 12.7. The molecule has 0 spiro atoms. The summed E-state index contributed by atoms with van der Waals surface area (Å²) >= 11 is 3.45. The molecular formula is C14H20BrNO2. The van der Waals surface area contributed by atoms with Crippen LogP contribution in [0.3, 0.4) is 0 Å². The van der Waals surface area contributed by atoms with Gasteiger partial charge < -0.3 is 10.1 Å². The lowest BCUT2D eigenvalue weighted by molar-refractivity contribution is -0.144. The monoisotopic (exact) mass is 313 g/mol. The number of carbonyl (C=O) groups is 1. The third-order valence-corrected chi connectivity index (χ3v) is 3.25. The number of hydrogen-bond donors (Lipinski definition) is 1. The van der Waals surface area contributed by atoms with Crippen molar-refractivity contribution in [2.45, 2.75) is 39.7 Å². The zero-order chi connectivity index (χ0) is 13.5. The topological polar surface area (TPSA) is 38.3 Å². The van der Waals surface area contributed by atoms with Gasteiger partial charge in [0.1, 0.15) is 6.04 Å². The largest absolute Gasteiger partial charge is 0.464 e. The quantitative estimate of drug-likeness (QED) is 0.812. The molecule has 0 saturated heterocycles. The van der Waals surface area contributed by atoms with Crippen LogP contribution in [0.5, 0.6) is 0 Å². The molecule has 1 unspecified atom stereocenters. The summed E-state index contributed by atoms with van der Waals surface area (Å²) in [6.07, 6.45) is 1.62. The molecule has 0 amide bonds. The highest BCUT2D eigenvalue weighted by Crippen LogP contribution is 2.22. The van der Waals surface area contributed by atoms with Crippen molar-refractivity contribution in [1.29, 1.82) is 0 Å². The fourth-order valence-electron chi connectivity index (χ4n) is 1.75. The minimum atomic E-state index is -0.281. The van der Waals surface area contributed by atoms with Crippen molar-refractivity contribution in [2.24, 2.45) is 0 Å². The second-order valence-corrected chi connectivity index (χ2v) is 4.93. The van der Waals surface area contributed by atoms with Crippen LogP contribution in [0.1, 0.15) is 32.8 Å². The summed E-state index contributed by atoms with van der Waals surface area (Å²) in [5.74, 6) is -0.190. The van der Waals surface area contributed by atoms with E-state index in [1.165, 1.54) is 5.56 Å². The summed E-state index contributed by atoms with van der Waals surface area (Å²) in [6, 6.07) is 5.75. The van der Waals surface area contributed by atoms with E-state index in [2.05, 4.69) is 34.2 Å². The van der Waals surface area contributed by atoms with Gasteiger partial charge in [-0.15, -0.1) is 0 Å². The lowest BCUT2D eigenvalue weighted by Crippen LogP contribution is -2.31. The van der Waals surface area contributed by atoms with Gasteiger partial charge in [-0.2, -0.15) is 0 Å². The van der Waals surface area contributed by atoms with Gasteiger partial charge in [-0.1, -0.05) is 29.8 Å². The molecule has 0 fully saturated rings. The second kappa shape index (κ2) is 7.41. The SMILES string of the molecule is CCOC(=O)C(CC)Nc1ccc(Br)cc1CC. The van der Waals surface area contributed by atoms with E-state index in [-0.39, 0.29) is 12.0 Å². The smallest absolute Gasteiger partial charge is 0.328 e. The van der Waals surface area contributed by atoms with Gasteiger partial charge in [0, 0.05) is 10.2 Å². The Hall–Kier alpha value is -1.03. The summed E-state index contributed by atoms with van der Waals surface area (Å²) in [6.45, 7) is 6.30. The summed E-state index contributed by atoms with van der Waals surface area (Å²) < 4.78 is 6.10. The highest BCUT2D eigenvalue weighted by Gasteiger charge is 2.18. The Balaban J connectivity index is 2.84. The van der Waals surface area contributed by atoms with E-state index < -0.39 is 0 Å². The lowest BCUT2D eigenvalue weighted by atomic mass is 10.1. The van der Waals surface area contributed by atoms with Gasteiger partial charge in [-0.05, 0) is 43.5 Å². The maximum Gasteiger partial charge on any atom is 0.328 e. The molecule has 1 aromatic carbocycles. The molecule has 0 aliphatic rings. The van der Waals surface area contributed by atoms with Gasteiger partial charge in [0.2, 0.25) is 0 Å². The molecule has 0 aromatic heterocycles. The summed E-state index contributed by atoms with van der Waals surface area (Å²) in [4.78, 5) is 11.8. The maximum absolute atomic E-state index is 11.8. The van der Waals surface area contributed by atoms with Crippen LogP contribution in [0.25, 0.3) is 0 Å². The number of anilines is 1. The van der Waals surface area contributed by atoms with E-state index in [1.54, 1.807) is 0 Å². The van der Waals surface area contributed by atoms with Gasteiger partial charge in [-0.3, -0.25) is 0 Å². The van der Waals surface area contributed by atoms with Crippen molar-refractivity contribution in [2.75, 3.05) is 11.9 Å².